The standard InChI is InChI=1S/C22H22N2O5/c1-13-8-9-16(28-13)19-18(21(26)22(27)24(19)11-10-23(2)3)20(25)17-12-14-6-4-5-7-15(14)29-17/h4-9,12,19,26H,10-11H2,1-3H3/t19-/m0/s1. The van der Waals surface area contributed by atoms with Gasteiger partial charge >= 0.3 is 0 Å². The highest BCUT2D eigenvalue weighted by Gasteiger charge is 2.45. The lowest BCUT2D eigenvalue weighted by atomic mass is 9.99. The number of carbonyl (C=O) groups is 2. The van der Waals surface area contributed by atoms with Crippen molar-refractivity contribution in [2.24, 2.45) is 0 Å². The smallest absolute Gasteiger partial charge is 0.290 e. The van der Waals surface area contributed by atoms with Crippen molar-refractivity contribution in [3.05, 3.63) is 71.1 Å². The summed E-state index contributed by atoms with van der Waals surface area (Å²) in [6.07, 6.45) is 0. The second kappa shape index (κ2) is 7.25. The number of ketones is 1. The van der Waals surface area contributed by atoms with Crippen molar-refractivity contribution in [2.75, 3.05) is 27.2 Å². The number of Topliss-reactive ketones (excluding diaryl/α,β-unsaturated/α-hetero) is 1. The molecule has 0 saturated carbocycles. The third kappa shape index (κ3) is 3.34. The van der Waals surface area contributed by atoms with E-state index in [1.165, 1.54) is 4.90 Å². The number of para-hydroxylation sites is 1. The Morgan fingerprint density at radius 1 is 1.17 bits per heavy atom. The molecule has 29 heavy (non-hydrogen) atoms. The zero-order valence-electron chi connectivity index (χ0n) is 16.5. The summed E-state index contributed by atoms with van der Waals surface area (Å²) in [5.74, 6) is -0.527. The second-order valence-electron chi connectivity index (χ2n) is 7.39. The van der Waals surface area contributed by atoms with Crippen LogP contribution in [0.5, 0.6) is 0 Å². The molecule has 0 aliphatic carbocycles. The summed E-state index contributed by atoms with van der Waals surface area (Å²) >= 11 is 0. The molecule has 0 fully saturated rings. The molecule has 0 saturated heterocycles. The highest BCUT2D eigenvalue weighted by atomic mass is 16.4. The van der Waals surface area contributed by atoms with Crippen LogP contribution in [0.4, 0.5) is 0 Å². The molecule has 1 amide bonds. The highest BCUT2D eigenvalue weighted by molar-refractivity contribution is 6.15. The first-order valence-corrected chi connectivity index (χ1v) is 9.35. The third-order valence-corrected chi connectivity index (χ3v) is 5.02. The van der Waals surface area contributed by atoms with Crippen molar-refractivity contribution in [3.63, 3.8) is 0 Å². The van der Waals surface area contributed by atoms with Crippen LogP contribution in [0.2, 0.25) is 0 Å². The monoisotopic (exact) mass is 394 g/mol. The molecule has 1 aliphatic rings. The fraction of sp³-hybridized carbons (Fsp3) is 0.273. The molecule has 1 N–H and O–H groups in total. The Morgan fingerprint density at radius 2 is 1.93 bits per heavy atom. The summed E-state index contributed by atoms with van der Waals surface area (Å²) in [4.78, 5) is 29.5. The van der Waals surface area contributed by atoms with Gasteiger partial charge in [-0.25, -0.2) is 0 Å². The number of rotatable bonds is 6. The minimum atomic E-state index is -0.808. The molecule has 0 bridgehead atoms. The molecule has 2 aromatic heterocycles. The van der Waals surface area contributed by atoms with Crippen LogP contribution in [-0.2, 0) is 4.79 Å². The van der Waals surface area contributed by atoms with Crippen molar-refractivity contribution in [1.29, 1.82) is 0 Å². The van der Waals surface area contributed by atoms with E-state index < -0.39 is 23.5 Å². The predicted molar refractivity (Wildman–Crippen MR) is 107 cm³/mol. The first-order valence-electron chi connectivity index (χ1n) is 9.35. The Labute approximate surface area is 167 Å². The summed E-state index contributed by atoms with van der Waals surface area (Å²) in [5.41, 5.74) is 0.539. The average Bonchev–Trinajstić information content (AvgIpc) is 3.37. The van der Waals surface area contributed by atoms with E-state index in [1.54, 1.807) is 31.2 Å². The van der Waals surface area contributed by atoms with Gasteiger partial charge in [-0.3, -0.25) is 9.59 Å². The van der Waals surface area contributed by atoms with Gasteiger partial charge in [0.15, 0.2) is 11.5 Å². The molecule has 0 radical (unpaired) electrons. The van der Waals surface area contributed by atoms with Crippen molar-refractivity contribution < 1.29 is 23.5 Å². The molecule has 150 valence electrons. The van der Waals surface area contributed by atoms with Crippen LogP contribution in [-0.4, -0.2) is 53.8 Å². The van der Waals surface area contributed by atoms with Gasteiger partial charge in [-0.1, -0.05) is 18.2 Å². The number of amides is 1. The van der Waals surface area contributed by atoms with E-state index in [1.807, 2.05) is 37.2 Å². The van der Waals surface area contributed by atoms with Gasteiger partial charge in [0.05, 0.1) is 5.57 Å². The maximum atomic E-state index is 13.3. The van der Waals surface area contributed by atoms with E-state index >= 15 is 0 Å². The summed E-state index contributed by atoms with van der Waals surface area (Å²) in [5, 5.41) is 11.4. The molecular formula is C22H22N2O5. The van der Waals surface area contributed by atoms with Crippen LogP contribution in [0.15, 0.2) is 62.6 Å². The fourth-order valence-electron chi connectivity index (χ4n) is 3.55. The third-order valence-electron chi connectivity index (χ3n) is 5.02. The van der Waals surface area contributed by atoms with Gasteiger partial charge in [-0.05, 0) is 45.3 Å². The molecule has 3 heterocycles. The molecule has 1 aliphatic heterocycles. The summed E-state index contributed by atoms with van der Waals surface area (Å²) in [6.45, 7) is 2.69. The van der Waals surface area contributed by atoms with Crippen LogP contribution >= 0.6 is 0 Å². The molecule has 3 aromatic rings. The number of carbonyl (C=O) groups excluding carboxylic acids is 2. The summed E-state index contributed by atoms with van der Waals surface area (Å²) < 4.78 is 11.4. The Bertz CT molecular complexity index is 1090. The van der Waals surface area contributed by atoms with E-state index in [9.17, 15) is 14.7 Å². The number of hydrogen-bond acceptors (Lipinski definition) is 6. The number of benzene rings is 1. The SMILES string of the molecule is Cc1ccc([C@H]2C(C(=O)c3cc4ccccc4o3)=C(O)C(=O)N2CCN(C)C)o1. The molecule has 1 atom stereocenters. The number of aliphatic hydroxyl groups is 1. The van der Waals surface area contributed by atoms with E-state index in [0.717, 1.165) is 5.39 Å². The van der Waals surface area contributed by atoms with Gasteiger partial charge in [0.1, 0.15) is 23.1 Å². The molecular weight excluding hydrogens is 372 g/mol. The van der Waals surface area contributed by atoms with Gasteiger partial charge in [0.2, 0.25) is 5.78 Å². The minimum absolute atomic E-state index is 0.0258. The van der Waals surface area contributed by atoms with Gasteiger partial charge in [-0.2, -0.15) is 0 Å². The van der Waals surface area contributed by atoms with Crippen molar-refractivity contribution in [2.45, 2.75) is 13.0 Å². The maximum absolute atomic E-state index is 13.3. The summed E-state index contributed by atoms with van der Waals surface area (Å²) in [6, 6.07) is 11.6. The van der Waals surface area contributed by atoms with Gasteiger partial charge in [0, 0.05) is 18.5 Å². The number of furan rings is 2. The van der Waals surface area contributed by atoms with Gasteiger partial charge < -0.3 is 23.7 Å². The first kappa shape index (κ1) is 19.0. The lowest BCUT2D eigenvalue weighted by molar-refractivity contribution is -0.129. The number of aryl methyl sites for hydroxylation is 1. The Hall–Kier alpha value is -3.32. The fourth-order valence-corrected chi connectivity index (χ4v) is 3.55. The number of fused-ring (bicyclic) bond motifs is 1. The van der Waals surface area contributed by atoms with Crippen LogP contribution in [0.25, 0.3) is 11.0 Å². The second-order valence-corrected chi connectivity index (χ2v) is 7.39. The molecule has 4 rings (SSSR count). The number of likely N-dealkylation sites (N-methyl/N-ethyl adjacent to an activating group) is 1. The Kier molecular flexibility index (Phi) is 4.76. The van der Waals surface area contributed by atoms with E-state index in [2.05, 4.69) is 0 Å². The zero-order valence-corrected chi connectivity index (χ0v) is 16.5. The quantitative estimate of drug-likeness (QED) is 0.644. The average molecular weight is 394 g/mol. The van der Waals surface area contributed by atoms with E-state index in [4.69, 9.17) is 8.83 Å². The first-order chi connectivity index (χ1) is 13.9. The Balaban J connectivity index is 1.77. The van der Waals surface area contributed by atoms with Crippen LogP contribution < -0.4 is 0 Å². The van der Waals surface area contributed by atoms with Gasteiger partial charge in [-0.15, -0.1) is 0 Å². The number of aliphatic hydroxyl groups excluding tert-OH is 1. The molecule has 0 unspecified atom stereocenters. The van der Waals surface area contributed by atoms with Crippen molar-refractivity contribution in [1.82, 2.24) is 9.80 Å². The van der Waals surface area contributed by atoms with Crippen LogP contribution in [0.3, 0.4) is 0 Å². The maximum Gasteiger partial charge on any atom is 0.290 e. The largest absolute Gasteiger partial charge is 0.503 e. The predicted octanol–water partition coefficient (Wildman–Crippen LogP) is 3.47. The normalized spacial score (nSPS) is 17.2. The van der Waals surface area contributed by atoms with Crippen molar-refractivity contribution >= 4 is 22.7 Å². The van der Waals surface area contributed by atoms with Crippen molar-refractivity contribution in [3.8, 4) is 0 Å². The van der Waals surface area contributed by atoms with E-state index in [-0.39, 0.29) is 11.3 Å². The lowest BCUT2D eigenvalue weighted by Crippen LogP contribution is -2.36. The van der Waals surface area contributed by atoms with Gasteiger partial charge in [0.25, 0.3) is 5.91 Å². The topological polar surface area (TPSA) is 87.1 Å². The lowest BCUT2D eigenvalue weighted by Gasteiger charge is -2.26. The zero-order chi connectivity index (χ0) is 20.7. The van der Waals surface area contributed by atoms with Crippen LogP contribution in [0.1, 0.15) is 28.1 Å². The summed E-state index contributed by atoms with van der Waals surface area (Å²) in [7, 11) is 3.78. The molecule has 0 spiro atoms. The molecule has 1 aromatic carbocycles. The minimum Gasteiger partial charge on any atom is -0.503 e. The van der Waals surface area contributed by atoms with E-state index in [0.29, 0.717) is 30.2 Å². The molecule has 7 nitrogen and oxygen atoms in total. The van der Waals surface area contributed by atoms with Crippen LogP contribution in [0, 0.1) is 6.92 Å². The highest BCUT2D eigenvalue weighted by Crippen LogP contribution is 2.40. The number of hydrogen-bond donors (Lipinski definition) is 1. The number of nitrogens with zero attached hydrogens (tertiary/aromatic N) is 2. The molecule has 7 heteroatoms. The Morgan fingerprint density at radius 3 is 2.59 bits per heavy atom.